The summed E-state index contributed by atoms with van der Waals surface area (Å²) in [5.74, 6) is -1.96. The van der Waals surface area contributed by atoms with Gasteiger partial charge in [0.25, 0.3) is 0 Å². The Balaban J connectivity index is 1.11. The second-order valence-electron chi connectivity index (χ2n) is 23.5. The molecular formula is C48H76O18. The fraction of sp³-hybridized carbons (Fsp3) is 0.917. The molecule has 8 aliphatic rings. The molecule has 376 valence electrons. The number of carboxylic acid groups (broad SMARTS) is 2. The van der Waals surface area contributed by atoms with Gasteiger partial charge in [0.2, 0.25) is 0 Å². The second-order valence-corrected chi connectivity index (χ2v) is 23.5. The van der Waals surface area contributed by atoms with E-state index in [1.807, 2.05) is 0 Å². The third-order valence-corrected chi connectivity index (χ3v) is 19.3. The van der Waals surface area contributed by atoms with Crippen molar-refractivity contribution in [2.24, 2.45) is 50.2 Å². The van der Waals surface area contributed by atoms with Crippen LogP contribution in [0.3, 0.4) is 0 Å². The molecule has 0 bridgehead atoms. The van der Waals surface area contributed by atoms with Crippen LogP contribution in [0.15, 0.2) is 11.6 Å². The Hall–Kier alpha value is -1.88. The molecule has 23 atom stereocenters. The van der Waals surface area contributed by atoms with Crippen molar-refractivity contribution in [1.82, 2.24) is 0 Å². The first kappa shape index (κ1) is 50.5. The maximum absolute atomic E-state index is 13.2. The van der Waals surface area contributed by atoms with Gasteiger partial charge >= 0.3 is 11.9 Å². The summed E-state index contributed by atoms with van der Waals surface area (Å²) in [5, 5.41) is 107. The van der Waals surface area contributed by atoms with E-state index in [-0.39, 0.29) is 39.4 Å². The number of aliphatic hydroxyl groups excluding tert-OH is 8. The predicted molar refractivity (Wildman–Crippen MR) is 230 cm³/mol. The van der Waals surface area contributed by atoms with Crippen LogP contribution in [0.4, 0.5) is 0 Å². The Morgan fingerprint density at radius 1 is 0.667 bits per heavy atom. The van der Waals surface area contributed by atoms with Crippen molar-refractivity contribution in [1.29, 1.82) is 0 Å². The lowest BCUT2D eigenvalue weighted by molar-refractivity contribution is -0.395. The second kappa shape index (κ2) is 17.5. The summed E-state index contributed by atoms with van der Waals surface area (Å²) in [4.78, 5) is 26.0. The molecule has 7 fully saturated rings. The molecule has 3 heterocycles. The number of rotatable bonds is 9. The lowest BCUT2D eigenvalue weighted by atomic mass is 9.33. The number of carboxylic acids is 2. The van der Waals surface area contributed by atoms with E-state index in [0.717, 1.165) is 44.9 Å². The zero-order chi connectivity index (χ0) is 48.4. The monoisotopic (exact) mass is 941 g/mol. The minimum Gasteiger partial charge on any atom is -0.481 e. The molecule has 8 rings (SSSR count). The third-order valence-electron chi connectivity index (χ3n) is 19.3. The van der Waals surface area contributed by atoms with Gasteiger partial charge in [-0.05, 0) is 116 Å². The number of hydrogen-bond donors (Lipinski definition) is 10. The summed E-state index contributed by atoms with van der Waals surface area (Å²) in [6.07, 6.45) is -16.6. The van der Waals surface area contributed by atoms with Crippen LogP contribution < -0.4 is 0 Å². The molecule has 10 N–H and O–H groups in total. The summed E-state index contributed by atoms with van der Waals surface area (Å²) >= 11 is 0. The molecule has 0 amide bonds. The smallest absolute Gasteiger partial charge is 0.335 e. The highest BCUT2D eigenvalue weighted by atomic mass is 16.8. The van der Waals surface area contributed by atoms with Gasteiger partial charge in [-0.2, -0.15) is 0 Å². The Bertz CT molecular complexity index is 1860. The summed E-state index contributed by atoms with van der Waals surface area (Å²) in [6.45, 7) is 16.6. The molecule has 4 saturated carbocycles. The summed E-state index contributed by atoms with van der Waals surface area (Å²) in [5.41, 5.74) is -0.505. The van der Waals surface area contributed by atoms with E-state index < -0.39 is 128 Å². The lowest BCUT2D eigenvalue weighted by Gasteiger charge is -2.71. The molecule has 0 aromatic rings. The van der Waals surface area contributed by atoms with Gasteiger partial charge in [0.05, 0.1) is 24.2 Å². The largest absolute Gasteiger partial charge is 0.481 e. The van der Waals surface area contributed by atoms with Crippen LogP contribution in [0.1, 0.15) is 120 Å². The van der Waals surface area contributed by atoms with Crippen molar-refractivity contribution >= 4 is 11.9 Å². The molecule has 0 aromatic heterocycles. The van der Waals surface area contributed by atoms with Crippen LogP contribution in [0.25, 0.3) is 0 Å². The summed E-state index contributed by atoms with van der Waals surface area (Å²) < 4.78 is 36.7. The molecule has 5 aliphatic carbocycles. The van der Waals surface area contributed by atoms with E-state index in [2.05, 4.69) is 54.5 Å². The first-order valence-corrected chi connectivity index (χ1v) is 24.2. The highest BCUT2D eigenvalue weighted by Crippen LogP contribution is 2.76. The molecule has 0 spiro atoms. The Morgan fingerprint density at radius 2 is 1.29 bits per heavy atom. The highest BCUT2D eigenvalue weighted by Gasteiger charge is 2.70. The van der Waals surface area contributed by atoms with E-state index in [4.69, 9.17) is 28.4 Å². The zero-order valence-corrected chi connectivity index (χ0v) is 39.6. The molecule has 0 unspecified atom stereocenters. The third kappa shape index (κ3) is 7.74. The number of hydrogen-bond acceptors (Lipinski definition) is 16. The van der Waals surface area contributed by atoms with E-state index in [9.17, 15) is 60.7 Å². The van der Waals surface area contributed by atoms with Crippen molar-refractivity contribution in [2.75, 3.05) is 6.61 Å². The molecule has 18 heteroatoms. The minimum atomic E-state index is -2.06. The highest BCUT2D eigenvalue weighted by molar-refractivity contribution is 5.76. The maximum Gasteiger partial charge on any atom is 0.335 e. The van der Waals surface area contributed by atoms with Crippen LogP contribution in [-0.4, -0.2) is 168 Å². The molecule has 0 radical (unpaired) electrons. The van der Waals surface area contributed by atoms with E-state index in [1.165, 1.54) is 12.5 Å². The molecule has 3 aliphatic heterocycles. The minimum absolute atomic E-state index is 0.0241. The van der Waals surface area contributed by atoms with Crippen LogP contribution in [0.2, 0.25) is 0 Å². The SMILES string of the molecule is C[C@@H]1O[C@@H](O[C@H]2[C@H](O)[C@@H](C(=O)O)O[C@@H](O[C@H]3CC[C@]4(C)[C@H]5CC=C6[C@@H]7CC(C)(C)CC[C@]7(C(=O)O)CC[C@@]6(C)[C@]5(C)CC[C@H]4C3(C)C)[C@@H]2O[C@@H]2O[C@H](CO)[C@@H](O)[C@H](O)[C@H]2O)[C@H](O)[C@H](O)[C@H]1O. The number of allylic oxidation sites excluding steroid dienone is 2. The fourth-order valence-corrected chi connectivity index (χ4v) is 15.1. The normalized spacial score (nSPS) is 53.3. The Labute approximate surface area is 386 Å². The lowest BCUT2D eigenvalue weighted by Crippen LogP contribution is -2.68. The van der Waals surface area contributed by atoms with E-state index in [1.54, 1.807) is 0 Å². The molecular weight excluding hydrogens is 865 g/mol. The van der Waals surface area contributed by atoms with E-state index >= 15 is 0 Å². The number of aliphatic carboxylic acids is 2. The number of fused-ring (bicyclic) bond motifs is 7. The van der Waals surface area contributed by atoms with Gasteiger partial charge in [-0.15, -0.1) is 0 Å². The van der Waals surface area contributed by atoms with Crippen molar-refractivity contribution in [3.05, 3.63) is 11.6 Å². The average Bonchev–Trinajstić information content (AvgIpc) is 3.24. The molecule has 66 heavy (non-hydrogen) atoms. The van der Waals surface area contributed by atoms with Crippen molar-refractivity contribution in [3.63, 3.8) is 0 Å². The van der Waals surface area contributed by atoms with Gasteiger partial charge < -0.3 is 79.5 Å². The number of carbonyl (C=O) groups is 2. The number of ether oxygens (including phenoxy) is 6. The van der Waals surface area contributed by atoms with Gasteiger partial charge in [-0.1, -0.05) is 60.1 Å². The van der Waals surface area contributed by atoms with Crippen LogP contribution in [0.5, 0.6) is 0 Å². The molecule has 18 nitrogen and oxygen atoms in total. The molecule has 3 saturated heterocycles. The average molecular weight is 941 g/mol. The quantitative estimate of drug-likeness (QED) is 0.117. The van der Waals surface area contributed by atoms with Gasteiger partial charge in [0.1, 0.15) is 61.0 Å². The Morgan fingerprint density at radius 3 is 1.92 bits per heavy atom. The van der Waals surface area contributed by atoms with Crippen LogP contribution in [-0.2, 0) is 38.0 Å². The maximum atomic E-state index is 13.2. The van der Waals surface area contributed by atoms with Crippen LogP contribution in [0, 0.1) is 50.2 Å². The van der Waals surface area contributed by atoms with Crippen molar-refractivity contribution in [3.8, 4) is 0 Å². The predicted octanol–water partition coefficient (Wildman–Crippen LogP) is 1.83. The topological polar surface area (TPSA) is 292 Å². The molecule has 0 aromatic carbocycles. The first-order chi connectivity index (χ1) is 30.7. The standard InChI is InChI=1S/C48H76O18/c1-21-28(50)30(52)32(54)39(61-21)64-35-34(56)36(38(57)58)65-41(37(35)66-40-33(55)31(53)29(51)24(20-49)62-40)63-27-12-13-45(6)25(44(27,4)5)11-14-47(8)26(45)10-9-22-23-19-43(2,3)15-17-48(23,42(59)60)18-16-46(22,47)7/h9,21,23-37,39-41,49-56H,10-20H2,1-8H3,(H,57,58)(H,59,60)/t21-,23-,24+,25-,26+,27-,28-,29+,30+,31-,32+,33+,34-,35-,36-,37+,39-,40-,41+,45-,46+,47+,48-/m0/s1. The van der Waals surface area contributed by atoms with Gasteiger partial charge in [-0.3, -0.25) is 4.79 Å². The van der Waals surface area contributed by atoms with Gasteiger partial charge in [-0.25, -0.2) is 4.79 Å². The van der Waals surface area contributed by atoms with Crippen molar-refractivity contribution in [2.45, 2.75) is 218 Å². The Kier molecular flexibility index (Phi) is 13.4. The summed E-state index contributed by atoms with van der Waals surface area (Å²) in [7, 11) is 0. The van der Waals surface area contributed by atoms with Crippen LogP contribution >= 0.6 is 0 Å². The number of aliphatic hydroxyl groups is 8. The summed E-state index contributed by atoms with van der Waals surface area (Å²) in [6, 6.07) is 0. The van der Waals surface area contributed by atoms with Crippen molar-refractivity contribution < 1.29 is 89.1 Å². The van der Waals surface area contributed by atoms with Gasteiger partial charge in [0.15, 0.2) is 25.0 Å². The first-order valence-electron chi connectivity index (χ1n) is 24.2. The zero-order valence-electron chi connectivity index (χ0n) is 39.6. The van der Waals surface area contributed by atoms with E-state index in [0.29, 0.717) is 19.3 Å². The van der Waals surface area contributed by atoms with Gasteiger partial charge in [0, 0.05) is 0 Å². The fourth-order valence-electron chi connectivity index (χ4n) is 15.1.